The molecule has 3 nitrogen and oxygen atoms in total. The minimum absolute atomic E-state index is 0.133. The Morgan fingerprint density at radius 2 is 2.00 bits per heavy atom. The van der Waals surface area contributed by atoms with Crippen molar-refractivity contribution in [1.82, 2.24) is 15.0 Å². The lowest BCUT2D eigenvalue weighted by Crippen LogP contribution is -2.05. The minimum Gasteiger partial charge on any atom is -0.228 e. The molecule has 0 aliphatic carbocycles. The molecule has 3 aromatic rings. The van der Waals surface area contributed by atoms with E-state index >= 15 is 0 Å². The average molecular weight is 326 g/mol. The first-order valence-electron chi connectivity index (χ1n) is 5.78. The van der Waals surface area contributed by atoms with Crippen molar-refractivity contribution in [3.05, 3.63) is 39.7 Å². The number of alkyl halides is 3. The zero-order chi connectivity index (χ0) is 15.0. The van der Waals surface area contributed by atoms with E-state index in [2.05, 4.69) is 21.1 Å². The number of halogens is 3. The second-order valence-corrected chi connectivity index (χ2v) is 6.11. The van der Waals surface area contributed by atoms with Crippen LogP contribution in [0.3, 0.4) is 0 Å². The summed E-state index contributed by atoms with van der Waals surface area (Å²) in [5.41, 5.74) is 0.623. The maximum atomic E-state index is 12.6. The van der Waals surface area contributed by atoms with Crippen LogP contribution in [-0.2, 0) is 6.18 Å². The molecule has 0 aliphatic heterocycles. The number of hydrogen-bond acceptors (Lipinski definition) is 5. The second kappa shape index (κ2) is 5.19. The van der Waals surface area contributed by atoms with E-state index in [4.69, 9.17) is 0 Å². The molecule has 0 fully saturated rings. The summed E-state index contributed by atoms with van der Waals surface area (Å²) in [4.78, 5) is 12.8. The molecule has 0 saturated heterocycles. The first-order valence-corrected chi connectivity index (χ1v) is 7.54. The Hall–Kier alpha value is -1.80. The lowest BCUT2D eigenvalue weighted by atomic mass is 10.2. The zero-order valence-electron chi connectivity index (χ0n) is 10.6. The SMILES string of the molecule is Cc1sccc1-c1c[c]nc(-c2nc(C(F)(F)F)cs2)n1. The van der Waals surface area contributed by atoms with Crippen molar-refractivity contribution in [1.29, 1.82) is 0 Å². The van der Waals surface area contributed by atoms with Crippen LogP contribution in [-0.4, -0.2) is 15.0 Å². The normalized spacial score (nSPS) is 11.8. The van der Waals surface area contributed by atoms with E-state index in [0.29, 0.717) is 5.69 Å². The minimum atomic E-state index is -4.46. The summed E-state index contributed by atoms with van der Waals surface area (Å²) in [5.74, 6) is 0.151. The molecule has 0 unspecified atom stereocenters. The van der Waals surface area contributed by atoms with Crippen molar-refractivity contribution < 1.29 is 13.2 Å². The molecule has 0 aromatic carbocycles. The quantitative estimate of drug-likeness (QED) is 0.698. The first kappa shape index (κ1) is 14.2. The summed E-state index contributed by atoms with van der Waals surface area (Å²) < 4.78 is 37.7. The van der Waals surface area contributed by atoms with E-state index in [1.165, 1.54) is 0 Å². The fourth-order valence-corrected chi connectivity index (χ4v) is 3.18. The molecule has 0 saturated carbocycles. The molecular formula is C13H7F3N3S2. The highest BCUT2D eigenvalue weighted by molar-refractivity contribution is 7.13. The van der Waals surface area contributed by atoms with Gasteiger partial charge in [0, 0.05) is 15.8 Å². The van der Waals surface area contributed by atoms with Crippen molar-refractivity contribution in [3.63, 3.8) is 0 Å². The monoisotopic (exact) mass is 326 g/mol. The van der Waals surface area contributed by atoms with Crippen molar-refractivity contribution in [2.45, 2.75) is 13.1 Å². The lowest BCUT2D eigenvalue weighted by Gasteiger charge is -2.01. The van der Waals surface area contributed by atoms with Crippen LogP contribution in [0, 0.1) is 13.1 Å². The Bertz CT molecular complexity index is 777. The molecule has 21 heavy (non-hydrogen) atoms. The number of aryl methyl sites for hydroxylation is 1. The number of hydrogen-bond donors (Lipinski definition) is 0. The topological polar surface area (TPSA) is 38.7 Å². The number of rotatable bonds is 2. The smallest absolute Gasteiger partial charge is 0.228 e. The largest absolute Gasteiger partial charge is 0.434 e. The van der Waals surface area contributed by atoms with E-state index in [1.54, 1.807) is 17.4 Å². The van der Waals surface area contributed by atoms with Crippen molar-refractivity contribution in [2.24, 2.45) is 0 Å². The summed E-state index contributed by atoms with van der Waals surface area (Å²) >= 11 is 2.44. The van der Waals surface area contributed by atoms with Crippen molar-refractivity contribution in [2.75, 3.05) is 0 Å². The van der Waals surface area contributed by atoms with Crippen molar-refractivity contribution in [3.8, 4) is 22.1 Å². The molecule has 0 bridgehead atoms. The summed E-state index contributed by atoms with van der Waals surface area (Å²) in [7, 11) is 0. The third-order valence-electron chi connectivity index (χ3n) is 2.72. The van der Waals surface area contributed by atoms with Gasteiger partial charge in [0.25, 0.3) is 0 Å². The van der Waals surface area contributed by atoms with Crippen LogP contribution in [0.4, 0.5) is 13.2 Å². The molecule has 0 spiro atoms. The van der Waals surface area contributed by atoms with Crippen LogP contribution in [0.5, 0.6) is 0 Å². The highest BCUT2D eigenvalue weighted by Crippen LogP contribution is 2.33. The number of aromatic nitrogens is 3. The fraction of sp³-hybridized carbons (Fsp3) is 0.154. The summed E-state index contributed by atoms with van der Waals surface area (Å²) in [6.45, 7) is 1.95. The Morgan fingerprint density at radius 3 is 2.62 bits per heavy atom. The van der Waals surface area contributed by atoms with Gasteiger partial charge in [-0.25, -0.2) is 15.0 Å². The molecule has 1 radical (unpaired) electrons. The Balaban J connectivity index is 2.01. The highest BCUT2D eigenvalue weighted by atomic mass is 32.1. The van der Waals surface area contributed by atoms with Gasteiger partial charge < -0.3 is 0 Å². The number of nitrogens with zero attached hydrogens (tertiary/aromatic N) is 3. The van der Waals surface area contributed by atoms with E-state index < -0.39 is 11.9 Å². The van der Waals surface area contributed by atoms with Crippen LogP contribution < -0.4 is 0 Å². The molecular weight excluding hydrogens is 319 g/mol. The van der Waals surface area contributed by atoms with Crippen LogP contribution >= 0.6 is 22.7 Å². The van der Waals surface area contributed by atoms with Gasteiger partial charge in [-0.05, 0) is 24.4 Å². The summed E-state index contributed by atoms with van der Waals surface area (Å²) in [5, 5.41) is 3.02. The maximum absolute atomic E-state index is 12.6. The number of thiazole rings is 1. The molecule has 0 N–H and O–H groups in total. The van der Waals surface area contributed by atoms with Gasteiger partial charge in [-0.1, -0.05) is 0 Å². The van der Waals surface area contributed by atoms with Gasteiger partial charge in [0.1, 0.15) is 0 Å². The van der Waals surface area contributed by atoms with E-state index in [0.717, 1.165) is 27.2 Å². The van der Waals surface area contributed by atoms with E-state index in [9.17, 15) is 13.2 Å². The standard InChI is InChI=1S/C13H7F3N3S2/c1-7-8(3-5-20-7)9-2-4-17-11(18-9)12-19-10(6-21-12)13(14,15)16/h2-3,5-6H,1H3. The van der Waals surface area contributed by atoms with Crippen molar-refractivity contribution >= 4 is 22.7 Å². The number of thiophene rings is 1. The zero-order valence-corrected chi connectivity index (χ0v) is 12.2. The van der Waals surface area contributed by atoms with Gasteiger partial charge in [0.15, 0.2) is 16.5 Å². The summed E-state index contributed by atoms with van der Waals surface area (Å²) in [6, 6.07) is 3.51. The molecule has 3 aromatic heterocycles. The molecule has 0 amide bonds. The summed E-state index contributed by atoms with van der Waals surface area (Å²) in [6.07, 6.45) is -1.79. The van der Waals surface area contributed by atoms with Crippen LogP contribution in [0.25, 0.3) is 22.1 Å². The lowest BCUT2D eigenvalue weighted by molar-refractivity contribution is -0.140. The third-order valence-corrected chi connectivity index (χ3v) is 4.40. The Morgan fingerprint density at radius 1 is 1.19 bits per heavy atom. The molecule has 0 aliphatic rings. The van der Waals surface area contributed by atoms with E-state index in [-0.39, 0.29) is 10.8 Å². The van der Waals surface area contributed by atoms with Crippen LogP contribution in [0.2, 0.25) is 0 Å². The first-order chi connectivity index (χ1) is 9.95. The maximum Gasteiger partial charge on any atom is 0.434 e. The second-order valence-electron chi connectivity index (χ2n) is 4.13. The highest BCUT2D eigenvalue weighted by Gasteiger charge is 2.34. The van der Waals surface area contributed by atoms with Gasteiger partial charge >= 0.3 is 6.18 Å². The molecule has 3 rings (SSSR count). The molecule has 0 atom stereocenters. The molecule has 107 valence electrons. The fourth-order valence-electron chi connectivity index (χ4n) is 1.72. The van der Waals surface area contributed by atoms with Crippen LogP contribution in [0.1, 0.15) is 10.6 Å². The average Bonchev–Trinajstić information content (AvgIpc) is 3.06. The van der Waals surface area contributed by atoms with Gasteiger partial charge in [-0.3, -0.25) is 0 Å². The van der Waals surface area contributed by atoms with Crippen LogP contribution in [0.15, 0.2) is 22.9 Å². The molecule has 8 heteroatoms. The van der Waals surface area contributed by atoms with Gasteiger partial charge in [0.2, 0.25) is 0 Å². The van der Waals surface area contributed by atoms with Gasteiger partial charge in [-0.15, -0.1) is 22.7 Å². The third kappa shape index (κ3) is 2.81. The van der Waals surface area contributed by atoms with Gasteiger partial charge in [0.05, 0.1) is 11.9 Å². The molecule has 3 heterocycles. The predicted octanol–water partition coefficient (Wildman–Crippen LogP) is 4.46. The Kier molecular flexibility index (Phi) is 3.50. The Labute approximate surface area is 126 Å². The van der Waals surface area contributed by atoms with E-state index in [1.807, 2.05) is 18.4 Å². The predicted molar refractivity (Wildman–Crippen MR) is 75.0 cm³/mol. The van der Waals surface area contributed by atoms with Gasteiger partial charge in [-0.2, -0.15) is 13.2 Å².